The molecule has 2 aliphatic carbocycles. The number of ether oxygens (including phenoxy) is 1. The van der Waals surface area contributed by atoms with Crippen LogP contribution in [0.4, 0.5) is 0 Å². The van der Waals surface area contributed by atoms with E-state index in [4.69, 9.17) is 4.74 Å². The van der Waals surface area contributed by atoms with Crippen molar-refractivity contribution in [2.45, 2.75) is 97.0 Å². The Hall–Kier alpha value is -2.24. The van der Waals surface area contributed by atoms with Crippen LogP contribution < -0.4 is 0 Å². The van der Waals surface area contributed by atoms with E-state index in [0.717, 1.165) is 19.3 Å². The molecule has 2 rings (SSSR count). The van der Waals surface area contributed by atoms with E-state index in [1.807, 2.05) is 6.92 Å². The first-order valence-corrected chi connectivity index (χ1v) is 12.6. The maximum atomic E-state index is 12.7. The van der Waals surface area contributed by atoms with Gasteiger partial charge < -0.3 is 9.84 Å². The summed E-state index contributed by atoms with van der Waals surface area (Å²) in [5.41, 5.74) is 0.285. The molecular weight excluding hydrogens is 420 g/mol. The normalized spacial score (nSPS) is 26.8. The molecule has 0 amide bonds. The SMILES string of the molecule is C=C(C=O)[C@@H]1C(=O)C[C@H](C)C2[C@@H](OC(=O)CCCCCCCCCCC)CC(C(=O)O)=C[C@@H]21. The zero-order valence-corrected chi connectivity index (χ0v) is 20.2. The third-order valence-electron chi connectivity index (χ3n) is 7.19. The van der Waals surface area contributed by atoms with Crippen molar-refractivity contribution in [2.24, 2.45) is 23.7 Å². The number of carbonyl (C=O) groups excluding carboxylic acids is 3. The number of Topliss-reactive ketones (excluding diaryl/α,β-unsaturated/α-hetero) is 1. The predicted octanol–water partition coefficient (Wildman–Crippen LogP) is 5.45. The molecule has 0 aromatic rings. The van der Waals surface area contributed by atoms with Crippen molar-refractivity contribution >= 4 is 24.0 Å². The molecule has 0 aromatic carbocycles. The molecular formula is C27H40O6. The quantitative estimate of drug-likeness (QED) is 0.160. The van der Waals surface area contributed by atoms with E-state index in [0.29, 0.717) is 12.7 Å². The molecule has 0 aromatic heterocycles. The lowest BCUT2D eigenvalue weighted by Gasteiger charge is -2.45. The van der Waals surface area contributed by atoms with E-state index in [1.54, 1.807) is 6.08 Å². The van der Waals surface area contributed by atoms with Crippen molar-refractivity contribution in [3.63, 3.8) is 0 Å². The van der Waals surface area contributed by atoms with Crippen LogP contribution in [0.2, 0.25) is 0 Å². The van der Waals surface area contributed by atoms with Crippen molar-refractivity contribution in [3.05, 3.63) is 23.8 Å². The third-order valence-corrected chi connectivity index (χ3v) is 7.19. The maximum Gasteiger partial charge on any atom is 0.331 e. The molecule has 0 radical (unpaired) electrons. The second-order valence-corrected chi connectivity index (χ2v) is 9.78. The van der Waals surface area contributed by atoms with Gasteiger partial charge >= 0.3 is 11.9 Å². The highest BCUT2D eigenvalue weighted by Gasteiger charge is 2.49. The number of hydrogen-bond acceptors (Lipinski definition) is 5. The Balaban J connectivity index is 1.94. The summed E-state index contributed by atoms with van der Waals surface area (Å²) in [6.45, 7) is 7.87. The summed E-state index contributed by atoms with van der Waals surface area (Å²) in [5.74, 6) is -3.04. The second-order valence-electron chi connectivity index (χ2n) is 9.78. The lowest BCUT2D eigenvalue weighted by Crippen LogP contribution is -2.49. The summed E-state index contributed by atoms with van der Waals surface area (Å²) < 4.78 is 5.81. The first-order chi connectivity index (χ1) is 15.8. The predicted molar refractivity (Wildman–Crippen MR) is 127 cm³/mol. The molecule has 5 atom stereocenters. The van der Waals surface area contributed by atoms with Gasteiger partial charge in [-0.25, -0.2) is 4.79 Å². The number of fused-ring (bicyclic) bond motifs is 1. The Morgan fingerprint density at radius 1 is 1.09 bits per heavy atom. The van der Waals surface area contributed by atoms with Gasteiger partial charge in [0.2, 0.25) is 0 Å². The standard InChI is InChI=1S/C27H40O6/c1-4-5-6-7-8-9-10-11-12-13-24(30)33-23-16-20(27(31)32)15-21-25(19(3)17-28)22(29)14-18(2)26(21)23/h15,17-18,21,23,25-26H,3-14,16H2,1-2H3,(H,31,32)/t18-,21+,23-,25-,26?/m0/s1. The largest absolute Gasteiger partial charge is 0.478 e. The number of rotatable bonds is 14. The van der Waals surface area contributed by atoms with E-state index in [1.165, 1.54) is 38.5 Å². The molecule has 0 bridgehead atoms. The van der Waals surface area contributed by atoms with Crippen LogP contribution in [0.5, 0.6) is 0 Å². The van der Waals surface area contributed by atoms with Gasteiger partial charge in [0.25, 0.3) is 0 Å². The minimum absolute atomic E-state index is 0.0738. The fourth-order valence-electron chi connectivity index (χ4n) is 5.49. The first kappa shape index (κ1) is 27.0. The van der Waals surface area contributed by atoms with Gasteiger partial charge in [-0.2, -0.15) is 0 Å². The minimum atomic E-state index is -1.09. The Bertz CT molecular complexity index is 752. The van der Waals surface area contributed by atoms with Gasteiger partial charge in [0.05, 0.1) is 5.92 Å². The number of carboxylic acid groups (broad SMARTS) is 1. The van der Waals surface area contributed by atoms with Crippen LogP contribution in [0.1, 0.15) is 90.9 Å². The van der Waals surface area contributed by atoms with E-state index >= 15 is 0 Å². The van der Waals surface area contributed by atoms with Gasteiger partial charge in [0.15, 0.2) is 0 Å². The van der Waals surface area contributed by atoms with Crippen LogP contribution in [0.3, 0.4) is 0 Å². The Morgan fingerprint density at radius 2 is 1.70 bits per heavy atom. The van der Waals surface area contributed by atoms with Gasteiger partial charge in [-0.3, -0.25) is 14.4 Å². The van der Waals surface area contributed by atoms with Crippen molar-refractivity contribution in [1.29, 1.82) is 0 Å². The van der Waals surface area contributed by atoms with E-state index in [2.05, 4.69) is 13.5 Å². The summed E-state index contributed by atoms with van der Waals surface area (Å²) in [6, 6.07) is 0. The van der Waals surface area contributed by atoms with Crippen LogP contribution in [0.15, 0.2) is 23.8 Å². The van der Waals surface area contributed by atoms with Crippen LogP contribution >= 0.6 is 0 Å². The molecule has 0 spiro atoms. The van der Waals surface area contributed by atoms with Crippen LogP contribution in [0.25, 0.3) is 0 Å². The molecule has 0 aliphatic heterocycles. The summed E-state index contributed by atoms with van der Waals surface area (Å²) in [7, 11) is 0. The van der Waals surface area contributed by atoms with Gasteiger partial charge in [-0.1, -0.05) is 77.9 Å². The molecule has 2 aliphatic rings. The average molecular weight is 461 g/mol. The number of carboxylic acids is 1. The highest BCUT2D eigenvalue weighted by Crippen LogP contribution is 2.47. The van der Waals surface area contributed by atoms with E-state index in [-0.39, 0.29) is 47.6 Å². The molecule has 184 valence electrons. The van der Waals surface area contributed by atoms with Crippen molar-refractivity contribution in [2.75, 3.05) is 0 Å². The maximum absolute atomic E-state index is 12.7. The number of allylic oxidation sites excluding steroid dienone is 2. The number of aldehydes is 1. The highest BCUT2D eigenvalue weighted by molar-refractivity contribution is 5.93. The topological polar surface area (TPSA) is 97.7 Å². The zero-order valence-electron chi connectivity index (χ0n) is 20.2. The Morgan fingerprint density at radius 3 is 2.27 bits per heavy atom. The molecule has 1 N–H and O–H groups in total. The van der Waals surface area contributed by atoms with Crippen molar-refractivity contribution in [1.82, 2.24) is 0 Å². The number of unbranched alkanes of at least 4 members (excludes halogenated alkanes) is 8. The lowest BCUT2D eigenvalue weighted by atomic mass is 9.59. The zero-order chi connectivity index (χ0) is 24.4. The van der Waals surface area contributed by atoms with E-state index in [9.17, 15) is 24.3 Å². The number of ketones is 1. The summed E-state index contributed by atoms with van der Waals surface area (Å²) >= 11 is 0. The molecule has 33 heavy (non-hydrogen) atoms. The molecule has 0 saturated heterocycles. The molecule has 6 heteroatoms. The summed E-state index contributed by atoms with van der Waals surface area (Å²) in [4.78, 5) is 48.3. The minimum Gasteiger partial charge on any atom is -0.478 e. The summed E-state index contributed by atoms with van der Waals surface area (Å²) in [5, 5.41) is 9.60. The smallest absolute Gasteiger partial charge is 0.331 e. The molecule has 1 unspecified atom stereocenters. The molecule has 1 fully saturated rings. The average Bonchev–Trinajstić information content (AvgIpc) is 2.77. The summed E-state index contributed by atoms with van der Waals surface area (Å²) in [6.07, 6.45) is 12.6. The number of esters is 1. The van der Waals surface area contributed by atoms with Gasteiger partial charge in [-0.05, 0) is 23.8 Å². The van der Waals surface area contributed by atoms with Crippen molar-refractivity contribution in [3.8, 4) is 0 Å². The Labute approximate surface area is 197 Å². The third kappa shape index (κ3) is 7.65. The van der Waals surface area contributed by atoms with Crippen molar-refractivity contribution < 1.29 is 29.0 Å². The fraction of sp³-hybridized carbons (Fsp3) is 0.704. The molecule has 1 saturated carbocycles. The Kier molecular flexibility index (Phi) is 11.0. The first-order valence-electron chi connectivity index (χ1n) is 12.6. The van der Waals surface area contributed by atoms with Crippen LogP contribution in [0, 0.1) is 23.7 Å². The van der Waals surface area contributed by atoms with E-state index < -0.39 is 23.9 Å². The highest BCUT2D eigenvalue weighted by atomic mass is 16.5. The van der Waals surface area contributed by atoms with Gasteiger partial charge in [-0.15, -0.1) is 0 Å². The fourth-order valence-corrected chi connectivity index (χ4v) is 5.49. The molecule has 0 heterocycles. The van der Waals surface area contributed by atoms with Crippen LogP contribution in [-0.4, -0.2) is 35.2 Å². The number of aliphatic carboxylic acids is 1. The van der Waals surface area contributed by atoms with Crippen LogP contribution in [-0.2, 0) is 23.9 Å². The molecule has 6 nitrogen and oxygen atoms in total. The van der Waals surface area contributed by atoms with Gasteiger partial charge in [0, 0.05) is 30.8 Å². The number of hydrogen-bond donors (Lipinski definition) is 1. The second kappa shape index (κ2) is 13.5. The van der Waals surface area contributed by atoms with Gasteiger partial charge in [0.1, 0.15) is 18.2 Å². The lowest BCUT2D eigenvalue weighted by molar-refractivity contribution is -0.158. The monoisotopic (exact) mass is 460 g/mol. The number of carbonyl (C=O) groups is 4.